The second-order valence-electron chi connectivity index (χ2n) is 8.57. The predicted octanol–water partition coefficient (Wildman–Crippen LogP) is 4.00. The molecule has 2 rings (SSSR count). The molecule has 1 aliphatic carbocycles. The molecular weight excluding hydrogens is 356 g/mol. The predicted molar refractivity (Wildman–Crippen MR) is 108 cm³/mol. The number of aliphatic hydroxyl groups is 2. The van der Waals surface area contributed by atoms with Crippen molar-refractivity contribution in [2.24, 2.45) is 11.3 Å². The smallest absolute Gasteiger partial charge is 0.335 e. The van der Waals surface area contributed by atoms with Crippen molar-refractivity contribution in [3.8, 4) is 0 Å². The molecule has 4 atom stereocenters. The molecule has 1 heterocycles. The molecule has 28 heavy (non-hydrogen) atoms. The summed E-state index contributed by atoms with van der Waals surface area (Å²) in [5, 5.41) is 21.5. The summed E-state index contributed by atoms with van der Waals surface area (Å²) >= 11 is 0. The lowest BCUT2D eigenvalue weighted by atomic mass is 9.60. The van der Waals surface area contributed by atoms with Gasteiger partial charge in [-0.25, -0.2) is 4.79 Å². The number of ether oxygens (including phenoxy) is 1. The summed E-state index contributed by atoms with van der Waals surface area (Å²) < 4.78 is 5.55. The summed E-state index contributed by atoms with van der Waals surface area (Å²) in [6.45, 7) is 9.89. The van der Waals surface area contributed by atoms with Gasteiger partial charge in [-0.15, -0.1) is 0 Å². The van der Waals surface area contributed by atoms with E-state index in [1.54, 1.807) is 0 Å². The van der Waals surface area contributed by atoms with Crippen LogP contribution in [0.1, 0.15) is 73.1 Å². The second-order valence-corrected chi connectivity index (χ2v) is 8.57. The average molecular weight is 391 g/mol. The third kappa shape index (κ3) is 4.64. The van der Waals surface area contributed by atoms with Crippen LogP contribution in [0, 0.1) is 11.3 Å². The Morgan fingerprint density at radius 1 is 1.39 bits per heavy atom. The van der Waals surface area contributed by atoms with Crippen molar-refractivity contribution in [3.05, 3.63) is 34.6 Å². The van der Waals surface area contributed by atoms with E-state index < -0.39 is 23.6 Å². The number of hydrogen-bond donors (Lipinski definition) is 2. The van der Waals surface area contributed by atoms with Crippen LogP contribution in [0.3, 0.4) is 0 Å². The molecule has 0 aromatic heterocycles. The van der Waals surface area contributed by atoms with Crippen molar-refractivity contribution in [1.82, 2.24) is 0 Å². The maximum atomic E-state index is 12.7. The molecule has 0 spiro atoms. The Bertz CT molecular complexity index is 711. The van der Waals surface area contributed by atoms with E-state index in [2.05, 4.69) is 13.0 Å². The Labute approximate surface area is 168 Å². The second kappa shape index (κ2) is 9.19. The molecule has 0 amide bonds. The molecule has 5 heteroatoms. The van der Waals surface area contributed by atoms with Gasteiger partial charge in [0.25, 0.3) is 0 Å². The number of esters is 1. The normalized spacial score (nSPS) is 28.2. The van der Waals surface area contributed by atoms with Gasteiger partial charge < -0.3 is 14.9 Å². The fourth-order valence-electron chi connectivity index (χ4n) is 4.47. The number of rotatable bonds is 8. The number of hydrogen-bond acceptors (Lipinski definition) is 5. The quantitative estimate of drug-likeness (QED) is 0.483. The van der Waals surface area contributed by atoms with Crippen molar-refractivity contribution in [2.45, 2.75) is 85.4 Å². The highest BCUT2D eigenvalue weighted by Crippen LogP contribution is 2.53. The topological polar surface area (TPSA) is 83.8 Å². The summed E-state index contributed by atoms with van der Waals surface area (Å²) in [6, 6.07) is 0. The Kier molecular flexibility index (Phi) is 7.40. The molecule has 3 unspecified atom stereocenters. The number of fused-ring (bicyclic) bond motifs is 1. The lowest BCUT2D eigenvalue weighted by Crippen LogP contribution is -2.46. The minimum atomic E-state index is -0.965. The van der Waals surface area contributed by atoms with Crippen LogP contribution in [0.15, 0.2) is 34.6 Å². The highest BCUT2D eigenvalue weighted by molar-refractivity contribution is 5.98. The lowest BCUT2D eigenvalue weighted by Gasteiger charge is -2.47. The van der Waals surface area contributed by atoms with Crippen molar-refractivity contribution in [3.63, 3.8) is 0 Å². The number of carbonyl (C=O) groups is 2. The minimum Gasteiger partial charge on any atom is -0.427 e. The van der Waals surface area contributed by atoms with Gasteiger partial charge in [0.05, 0.1) is 17.8 Å². The van der Waals surface area contributed by atoms with Gasteiger partial charge in [-0.3, -0.25) is 4.79 Å². The highest BCUT2D eigenvalue weighted by Gasteiger charge is 2.51. The van der Waals surface area contributed by atoms with E-state index >= 15 is 0 Å². The van der Waals surface area contributed by atoms with Gasteiger partial charge in [0, 0.05) is 18.4 Å². The molecule has 5 nitrogen and oxygen atoms in total. The molecular formula is C23H34O5. The van der Waals surface area contributed by atoms with Crippen LogP contribution < -0.4 is 0 Å². The summed E-state index contributed by atoms with van der Waals surface area (Å²) in [5.74, 6) is -0.894. The van der Waals surface area contributed by atoms with E-state index in [0.717, 1.165) is 12.8 Å². The zero-order valence-corrected chi connectivity index (χ0v) is 17.7. The van der Waals surface area contributed by atoms with E-state index in [9.17, 15) is 19.8 Å². The molecule has 2 aliphatic rings. The molecule has 0 aromatic rings. The number of ketones is 1. The minimum absolute atomic E-state index is 0.179. The van der Waals surface area contributed by atoms with Crippen LogP contribution >= 0.6 is 0 Å². The molecule has 1 aliphatic heterocycles. The molecule has 2 N–H and O–H groups in total. The summed E-state index contributed by atoms with van der Waals surface area (Å²) in [6.07, 6.45) is 5.15. The van der Waals surface area contributed by atoms with E-state index in [1.807, 2.05) is 27.7 Å². The highest BCUT2D eigenvalue weighted by atomic mass is 16.5. The Hall–Kier alpha value is -1.72. The zero-order valence-electron chi connectivity index (χ0n) is 17.7. The van der Waals surface area contributed by atoms with Gasteiger partial charge in [0.15, 0.2) is 5.78 Å². The summed E-state index contributed by atoms with van der Waals surface area (Å²) in [5.41, 5.74) is 1.60. The van der Waals surface area contributed by atoms with Gasteiger partial charge in [0.2, 0.25) is 0 Å². The first-order valence-electron chi connectivity index (χ1n) is 10.3. The zero-order chi connectivity index (χ0) is 21.1. The molecule has 0 aromatic carbocycles. The van der Waals surface area contributed by atoms with Gasteiger partial charge in [0.1, 0.15) is 5.76 Å². The monoisotopic (exact) mass is 390 g/mol. The van der Waals surface area contributed by atoms with E-state index in [1.165, 1.54) is 11.6 Å². The Morgan fingerprint density at radius 2 is 2.07 bits per heavy atom. The maximum absolute atomic E-state index is 12.7. The fraction of sp³-hybridized carbons (Fsp3) is 0.652. The number of Topliss-reactive ketones (excluding diaryl/α,β-unsaturated/α-hetero) is 1. The third-order valence-corrected chi connectivity index (χ3v) is 5.86. The summed E-state index contributed by atoms with van der Waals surface area (Å²) in [7, 11) is 0. The van der Waals surface area contributed by atoms with Gasteiger partial charge >= 0.3 is 5.97 Å². The van der Waals surface area contributed by atoms with E-state index in [4.69, 9.17) is 4.74 Å². The first-order chi connectivity index (χ1) is 13.1. The van der Waals surface area contributed by atoms with Crippen LogP contribution in [0.25, 0.3) is 0 Å². The van der Waals surface area contributed by atoms with Crippen molar-refractivity contribution in [1.29, 1.82) is 0 Å². The van der Waals surface area contributed by atoms with Crippen molar-refractivity contribution in [2.75, 3.05) is 0 Å². The number of carbonyl (C=O) groups excluding carboxylic acids is 2. The van der Waals surface area contributed by atoms with Crippen LogP contribution in [0.5, 0.6) is 0 Å². The molecule has 0 fully saturated rings. The first-order valence-corrected chi connectivity index (χ1v) is 10.3. The molecule has 0 bridgehead atoms. The molecule has 0 radical (unpaired) electrons. The van der Waals surface area contributed by atoms with Crippen molar-refractivity contribution < 1.29 is 24.5 Å². The van der Waals surface area contributed by atoms with Crippen molar-refractivity contribution >= 4 is 11.8 Å². The van der Waals surface area contributed by atoms with Crippen LogP contribution in [0.2, 0.25) is 0 Å². The Balaban J connectivity index is 2.60. The van der Waals surface area contributed by atoms with E-state index in [0.29, 0.717) is 31.3 Å². The lowest BCUT2D eigenvalue weighted by molar-refractivity contribution is -0.138. The standard InChI is InChI=1S/C23H34O5/c1-6-9-17(25)20-18(26)13-23(5,11-8-10-14(3)4)21-15(16(24)7-2)12-19(27)28-22(20)21/h10,12,16,18,21,24,26H,6-9,11,13H2,1-5H3/t16-,18?,21?,23?/m0/s1. The molecule has 0 saturated heterocycles. The number of allylic oxidation sites excluding steroid dienone is 3. The first kappa shape index (κ1) is 22.6. The van der Waals surface area contributed by atoms with Gasteiger partial charge in [-0.05, 0) is 56.9 Å². The van der Waals surface area contributed by atoms with Gasteiger partial charge in [-0.1, -0.05) is 32.4 Å². The Morgan fingerprint density at radius 3 is 2.64 bits per heavy atom. The third-order valence-electron chi connectivity index (χ3n) is 5.86. The largest absolute Gasteiger partial charge is 0.427 e. The maximum Gasteiger partial charge on any atom is 0.335 e. The number of aliphatic hydroxyl groups excluding tert-OH is 2. The van der Waals surface area contributed by atoms with Crippen LogP contribution in [0.4, 0.5) is 0 Å². The molecule has 156 valence electrons. The van der Waals surface area contributed by atoms with Crippen LogP contribution in [-0.4, -0.2) is 34.2 Å². The van der Waals surface area contributed by atoms with E-state index in [-0.39, 0.29) is 23.0 Å². The SMILES string of the molecule is CCCC(=O)C1=C2OC(=O)C=C([C@@H](O)CC)C2C(C)(CCC=C(C)C)CC1O. The summed E-state index contributed by atoms with van der Waals surface area (Å²) in [4.78, 5) is 25.0. The van der Waals surface area contributed by atoms with Crippen LogP contribution in [-0.2, 0) is 14.3 Å². The van der Waals surface area contributed by atoms with Gasteiger partial charge in [-0.2, -0.15) is 0 Å². The average Bonchev–Trinajstić information content (AvgIpc) is 2.59. The fourth-order valence-corrected chi connectivity index (χ4v) is 4.47. The molecule has 0 saturated carbocycles.